The zero-order valence-electron chi connectivity index (χ0n) is 13.9. The van der Waals surface area contributed by atoms with E-state index in [2.05, 4.69) is 5.32 Å². The average molecular weight is 354 g/mol. The largest absolute Gasteiger partial charge is 0.497 e. The summed E-state index contributed by atoms with van der Waals surface area (Å²) in [6.45, 7) is 4.22. The van der Waals surface area contributed by atoms with Crippen LogP contribution in [0.25, 0.3) is 0 Å². The Morgan fingerprint density at radius 3 is 2.54 bits per heavy atom. The maximum atomic E-state index is 12.5. The van der Waals surface area contributed by atoms with Gasteiger partial charge in [-0.1, -0.05) is 12.1 Å². The number of hydrogen-bond acceptors (Lipinski definition) is 4. The van der Waals surface area contributed by atoms with Gasteiger partial charge in [-0.2, -0.15) is 0 Å². The molecule has 0 radical (unpaired) electrons. The van der Waals surface area contributed by atoms with Crippen molar-refractivity contribution in [3.05, 3.63) is 29.8 Å². The molecule has 2 aliphatic heterocycles. The van der Waals surface area contributed by atoms with Crippen molar-refractivity contribution in [2.24, 2.45) is 5.92 Å². The fourth-order valence-corrected chi connectivity index (χ4v) is 3.19. The molecule has 2 amide bonds. The topological polar surface area (TPSA) is 61.9 Å². The number of likely N-dealkylation sites (tertiary alicyclic amines) is 1. The third kappa shape index (κ3) is 4.19. The number of benzene rings is 1. The van der Waals surface area contributed by atoms with Crippen LogP contribution in [0.1, 0.15) is 12.0 Å². The van der Waals surface area contributed by atoms with Gasteiger partial charge in [0.05, 0.1) is 13.0 Å². The van der Waals surface area contributed by atoms with E-state index < -0.39 is 0 Å². The van der Waals surface area contributed by atoms with E-state index in [-0.39, 0.29) is 30.1 Å². The number of amides is 2. The third-order valence-corrected chi connectivity index (χ3v) is 4.52. The first-order valence-electron chi connectivity index (χ1n) is 8.07. The molecule has 6 nitrogen and oxygen atoms in total. The number of halogens is 1. The molecule has 24 heavy (non-hydrogen) atoms. The standard InChI is InChI=1S/C17H23N3O3.ClH/c1-23-15-4-2-13(3-5-15)11-20-12-14(10-16(20)21)17(22)19-8-6-18-7-9-19;/h2-5,14,18H,6-12H2,1H3;1H. The summed E-state index contributed by atoms with van der Waals surface area (Å²) >= 11 is 0. The number of piperazine rings is 1. The van der Waals surface area contributed by atoms with Crippen LogP contribution in [0.15, 0.2) is 24.3 Å². The smallest absolute Gasteiger partial charge is 0.228 e. The van der Waals surface area contributed by atoms with Gasteiger partial charge in [-0.15, -0.1) is 12.4 Å². The molecule has 2 aliphatic rings. The van der Waals surface area contributed by atoms with Crippen LogP contribution < -0.4 is 10.1 Å². The number of rotatable bonds is 4. The minimum Gasteiger partial charge on any atom is -0.497 e. The van der Waals surface area contributed by atoms with Crippen LogP contribution in [0, 0.1) is 5.92 Å². The molecule has 132 valence electrons. The van der Waals surface area contributed by atoms with E-state index in [0.29, 0.717) is 19.5 Å². The van der Waals surface area contributed by atoms with Crippen LogP contribution in [0.5, 0.6) is 5.75 Å². The molecule has 0 saturated carbocycles. The first kappa shape index (κ1) is 18.5. The van der Waals surface area contributed by atoms with Crippen molar-refractivity contribution in [3.63, 3.8) is 0 Å². The van der Waals surface area contributed by atoms with E-state index in [9.17, 15) is 9.59 Å². The minimum absolute atomic E-state index is 0. The molecule has 0 spiro atoms. The molecular formula is C17H24ClN3O3. The van der Waals surface area contributed by atoms with Crippen LogP contribution in [-0.4, -0.2) is 61.4 Å². The first-order valence-corrected chi connectivity index (χ1v) is 8.07. The third-order valence-electron chi connectivity index (χ3n) is 4.52. The van der Waals surface area contributed by atoms with Crippen molar-refractivity contribution in [2.75, 3.05) is 39.8 Å². The van der Waals surface area contributed by atoms with Gasteiger partial charge >= 0.3 is 0 Å². The highest BCUT2D eigenvalue weighted by Gasteiger charge is 2.36. The van der Waals surface area contributed by atoms with Crippen molar-refractivity contribution >= 4 is 24.2 Å². The second-order valence-electron chi connectivity index (χ2n) is 6.10. The Morgan fingerprint density at radius 1 is 1.25 bits per heavy atom. The van der Waals surface area contributed by atoms with Crippen LogP contribution in [0.2, 0.25) is 0 Å². The second-order valence-corrected chi connectivity index (χ2v) is 6.10. The van der Waals surface area contributed by atoms with Gasteiger partial charge in [-0.05, 0) is 17.7 Å². The maximum absolute atomic E-state index is 12.5. The number of nitrogens with one attached hydrogen (secondary N) is 1. The summed E-state index contributed by atoms with van der Waals surface area (Å²) in [6.07, 6.45) is 0.332. The quantitative estimate of drug-likeness (QED) is 0.873. The molecule has 1 aromatic carbocycles. The molecule has 0 aliphatic carbocycles. The fraction of sp³-hybridized carbons (Fsp3) is 0.529. The van der Waals surface area contributed by atoms with E-state index >= 15 is 0 Å². The molecule has 7 heteroatoms. The predicted molar refractivity (Wildman–Crippen MR) is 93.2 cm³/mol. The van der Waals surface area contributed by atoms with Crippen molar-refractivity contribution in [2.45, 2.75) is 13.0 Å². The van der Waals surface area contributed by atoms with Crippen molar-refractivity contribution in [1.29, 1.82) is 0 Å². The molecule has 2 saturated heterocycles. The molecule has 0 aromatic heterocycles. The van der Waals surface area contributed by atoms with E-state index in [1.807, 2.05) is 29.2 Å². The second kappa shape index (κ2) is 8.35. The lowest BCUT2D eigenvalue weighted by Gasteiger charge is -2.29. The molecule has 1 aromatic rings. The normalized spacial score (nSPS) is 20.7. The number of ether oxygens (including phenoxy) is 1. The van der Waals surface area contributed by atoms with Crippen LogP contribution in [0.3, 0.4) is 0 Å². The lowest BCUT2D eigenvalue weighted by Crippen LogP contribution is -2.48. The molecule has 1 unspecified atom stereocenters. The van der Waals surface area contributed by atoms with Gasteiger partial charge in [-0.25, -0.2) is 0 Å². The Morgan fingerprint density at radius 2 is 1.92 bits per heavy atom. The van der Waals surface area contributed by atoms with Gasteiger partial charge < -0.3 is 19.9 Å². The Bertz CT molecular complexity index is 573. The maximum Gasteiger partial charge on any atom is 0.228 e. The summed E-state index contributed by atoms with van der Waals surface area (Å²) in [5.41, 5.74) is 1.05. The van der Waals surface area contributed by atoms with E-state index in [4.69, 9.17) is 4.74 Å². The zero-order chi connectivity index (χ0) is 16.2. The van der Waals surface area contributed by atoms with Crippen LogP contribution in [0.4, 0.5) is 0 Å². The molecule has 1 atom stereocenters. The summed E-state index contributed by atoms with van der Waals surface area (Å²) < 4.78 is 5.14. The van der Waals surface area contributed by atoms with Gasteiger partial charge in [0, 0.05) is 45.7 Å². The SMILES string of the molecule is COc1ccc(CN2CC(C(=O)N3CCNCC3)CC2=O)cc1.Cl. The van der Waals surface area contributed by atoms with E-state index in [1.165, 1.54) is 0 Å². The molecule has 1 N–H and O–H groups in total. The van der Waals surface area contributed by atoms with Crippen LogP contribution in [-0.2, 0) is 16.1 Å². The van der Waals surface area contributed by atoms with Gasteiger partial charge in [0.1, 0.15) is 5.75 Å². The highest BCUT2D eigenvalue weighted by Crippen LogP contribution is 2.23. The fourth-order valence-electron chi connectivity index (χ4n) is 3.19. The highest BCUT2D eigenvalue weighted by atomic mass is 35.5. The summed E-state index contributed by atoms with van der Waals surface area (Å²) in [6, 6.07) is 7.69. The van der Waals surface area contributed by atoms with Crippen molar-refractivity contribution < 1.29 is 14.3 Å². The molecule has 0 bridgehead atoms. The highest BCUT2D eigenvalue weighted by molar-refractivity contribution is 5.89. The molecule has 2 fully saturated rings. The number of carbonyl (C=O) groups is 2. The summed E-state index contributed by atoms with van der Waals surface area (Å²) in [5, 5.41) is 3.24. The number of methoxy groups -OCH3 is 1. The monoisotopic (exact) mass is 353 g/mol. The van der Waals surface area contributed by atoms with Gasteiger partial charge in [0.15, 0.2) is 0 Å². The number of carbonyl (C=O) groups excluding carboxylic acids is 2. The number of hydrogen-bond donors (Lipinski definition) is 1. The van der Waals surface area contributed by atoms with Gasteiger partial charge in [0.2, 0.25) is 11.8 Å². The summed E-state index contributed by atoms with van der Waals surface area (Å²) in [5.74, 6) is 0.790. The predicted octanol–water partition coefficient (Wildman–Crippen LogP) is 0.897. The number of nitrogens with zero attached hydrogens (tertiary/aromatic N) is 2. The Hall–Kier alpha value is -1.79. The Kier molecular flexibility index (Phi) is 6.45. The van der Waals surface area contributed by atoms with E-state index in [1.54, 1.807) is 12.0 Å². The lowest BCUT2D eigenvalue weighted by atomic mass is 10.1. The van der Waals surface area contributed by atoms with Crippen molar-refractivity contribution in [1.82, 2.24) is 15.1 Å². The lowest BCUT2D eigenvalue weighted by molar-refractivity contribution is -0.136. The van der Waals surface area contributed by atoms with Gasteiger partial charge in [-0.3, -0.25) is 9.59 Å². The Labute approximate surface area is 148 Å². The molecule has 2 heterocycles. The average Bonchev–Trinajstić information content (AvgIpc) is 2.96. The van der Waals surface area contributed by atoms with Crippen molar-refractivity contribution in [3.8, 4) is 5.75 Å². The van der Waals surface area contributed by atoms with Crippen LogP contribution >= 0.6 is 12.4 Å². The Balaban J connectivity index is 0.00000208. The summed E-state index contributed by atoms with van der Waals surface area (Å²) in [4.78, 5) is 28.4. The van der Waals surface area contributed by atoms with Gasteiger partial charge in [0.25, 0.3) is 0 Å². The zero-order valence-corrected chi connectivity index (χ0v) is 14.7. The minimum atomic E-state index is -0.196. The summed E-state index contributed by atoms with van der Waals surface area (Å²) in [7, 11) is 1.63. The molecule has 3 rings (SSSR count). The first-order chi connectivity index (χ1) is 11.2. The molecular weight excluding hydrogens is 330 g/mol. The van der Waals surface area contributed by atoms with E-state index in [0.717, 1.165) is 37.5 Å².